The van der Waals surface area contributed by atoms with E-state index >= 15 is 0 Å². The fraction of sp³-hybridized carbons (Fsp3) is 0.389. The van der Waals surface area contributed by atoms with E-state index in [1.807, 2.05) is 13.8 Å². The molecule has 1 heterocycles. The Kier molecular flexibility index (Phi) is 6.64. The highest BCUT2D eigenvalue weighted by molar-refractivity contribution is 5.90. The summed E-state index contributed by atoms with van der Waals surface area (Å²) in [6, 6.07) is 6.37. The van der Waals surface area contributed by atoms with Gasteiger partial charge in [-0.2, -0.15) is 4.98 Å². The molecule has 9 heteroatoms. The SMILES string of the molecule is CC(C)COC(=O)c1ccc(Nc2ncnc(OC(C)C)c2[N+](=O)[O-])cc1. The lowest BCUT2D eigenvalue weighted by atomic mass is 10.2. The fourth-order valence-electron chi connectivity index (χ4n) is 2.08. The van der Waals surface area contributed by atoms with Gasteiger partial charge in [-0.25, -0.2) is 9.78 Å². The minimum absolute atomic E-state index is 0.000726. The summed E-state index contributed by atoms with van der Waals surface area (Å²) >= 11 is 0. The molecule has 1 aromatic heterocycles. The number of ether oxygens (including phenoxy) is 2. The number of aromatic nitrogens is 2. The van der Waals surface area contributed by atoms with Gasteiger partial charge in [-0.15, -0.1) is 0 Å². The quantitative estimate of drug-likeness (QED) is 0.422. The van der Waals surface area contributed by atoms with E-state index in [1.165, 1.54) is 6.33 Å². The van der Waals surface area contributed by atoms with Crippen LogP contribution < -0.4 is 10.1 Å². The Labute approximate surface area is 156 Å². The molecule has 0 atom stereocenters. The maximum atomic E-state index is 11.9. The average molecular weight is 374 g/mol. The molecule has 0 bridgehead atoms. The molecule has 0 saturated carbocycles. The van der Waals surface area contributed by atoms with Crippen molar-refractivity contribution in [2.75, 3.05) is 11.9 Å². The predicted octanol–water partition coefficient (Wildman–Crippen LogP) is 3.73. The van der Waals surface area contributed by atoms with Gasteiger partial charge in [0.25, 0.3) is 5.88 Å². The van der Waals surface area contributed by atoms with Gasteiger partial charge in [0.05, 0.1) is 23.2 Å². The highest BCUT2D eigenvalue weighted by Crippen LogP contribution is 2.33. The normalized spacial score (nSPS) is 10.7. The highest BCUT2D eigenvalue weighted by Gasteiger charge is 2.25. The molecule has 2 aromatic rings. The maximum Gasteiger partial charge on any atom is 0.373 e. The number of carbonyl (C=O) groups excluding carboxylic acids is 1. The molecule has 2 rings (SSSR count). The molecular formula is C18H22N4O5. The summed E-state index contributed by atoms with van der Waals surface area (Å²) in [5.74, 6) is -0.284. The molecule has 0 aliphatic carbocycles. The number of carbonyl (C=O) groups is 1. The molecule has 1 N–H and O–H groups in total. The van der Waals surface area contributed by atoms with Gasteiger partial charge < -0.3 is 14.8 Å². The van der Waals surface area contributed by atoms with Crippen molar-refractivity contribution in [2.24, 2.45) is 5.92 Å². The number of hydrogen-bond acceptors (Lipinski definition) is 8. The van der Waals surface area contributed by atoms with Gasteiger partial charge in [0, 0.05) is 5.69 Å². The van der Waals surface area contributed by atoms with E-state index in [9.17, 15) is 14.9 Å². The van der Waals surface area contributed by atoms with Crippen molar-refractivity contribution < 1.29 is 19.2 Å². The zero-order valence-electron chi connectivity index (χ0n) is 15.6. The van der Waals surface area contributed by atoms with Crippen molar-refractivity contribution in [3.05, 3.63) is 46.3 Å². The first-order valence-corrected chi connectivity index (χ1v) is 8.48. The zero-order chi connectivity index (χ0) is 20.0. The molecule has 0 radical (unpaired) electrons. The van der Waals surface area contributed by atoms with E-state index in [0.717, 1.165) is 0 Å². The molecule has 9 nitrogen and oxygen atoms in total. The van der Waals surface area contributed by atoms with Gasteiger partial charge in [0.2, 0.25) is 5.82 Å². The number of rotatable bonds is 8. The molecule has 1 aromatic carbocycles. The van der Waals surface area contributed by atoms with E-state index in [4.69, 9.17) is 9.47 Å². The van der Waals surface area contributed by atoms with Crippen LogP contribution in [0.4, 0.5) is 17.2 Å². The summed E-state index contributed by atoms with van der Waals surface area (Å²) < 4.78 is 10.6. The summed E-state index contributed by atoms with van der Waals surface area (Å²) in [4.78, 5) is 30.5. The maximum absolute atomic E-state index is 11.9. The highest BCUT2D eigenvalue weighted by atomic mass is 16.6. The van der Waals surface area contributed by atoms with Crippen LogP contribution in [0, 0.1) is 16.0 Å². The molecule has 0 saturated heterocycles. The summed E-state index contributed by atoms with van der Waals surface area (Å²) in [5.41, 5.74) is 0.557. The number of anilines is 2. The van der Waals surface area contributed by atoms with Crippen LogP contribution in [0.25, 0.3) is 0 Å². The molecule has 0 fully saturated rings. The van der Waals surface area contributed by atoms with Gasteiger partial charge in [-0.1, -0.05) is 13.8 Å². The second-order valence-corrected chi connectivity index (χ2v) is 6.49. The Morgan fingerprint density at radius 3 is 2.41 bits per heavy atom. The first kappa shape index (κ1) is 20.1. The number of nitrogens with one attached hydrogen (secondary N) is 1. The third-order valence-corrected chi connectivity index (χ3v) is 3.25. The molecular weight excluding hydrogens is 352 g/mol. The van der Waals surface area contributed by atoms with Crippen LogP contribution in [0.2, 0.25) is 0 Å². The average Bonchev–Trinajstić information content (AvgIpc) is 2.59. The van der Waals surface area contributed by atoms with Crippen LogP contribution in [0.5, 0.6) is 5.88 Å². The Morgan fingerprint density at radius 2 is 1.85 bits per heavy atom. The molecule has 0 aliphatic rings. The number of hydrogen-bond donors (Lipinski definition) is 1. The lowest BCUT2D eigenvalue weighted by Gasteiger charge is -2.11. The van der Waals surface area contributed by atoms with Crippen LogP contribution >= 0.6 is 0 Å². The first-order valence-electron chi connectivity index (χ1n) is 8.48. The lowest BCUT2D eigenvalue weighted by Crippen LogP contribution is -2.11. The minimum Gasteiger partial charge on any atom is -0.470 e. The van der Waals surface area contributed by atoms with E-state index in [-0.39, 0.29) is 29.4 Å². The first-order chi connectivity index (χ1) is 12.8. The van der Waals surface area contributed by atoms with Gasteiger partial charge in [0.15, 0.2) is 0 Å². The van der Waals surface area contributed by atoms with Crippen LogP contribution in [-0.2, 0) is 4.74 Å². The third kappa shape index (κ3) is 5.63. The summed E-state index contributed by atoms with van der Waals surface area (Å²) in [5, 5.41) is 14.3. The van der Waals surface area contributed by atoms with E-state index in [1.54, 1.807) is 38.1 Å². The smallest absolute Gasteiger partial charge is 0.373 e. The predicted molar refractivity (Wildman–Crippen MR) is 99.3 cm³/mol. The van der Waals surface area contributed by atoms with Crippen LogP contribution in [0.1, 0.15) is 38.1 Å². The van der Waals surface area contributed by atoms with E-state index in [2.05, 4.69) is 15.3 Å². The van der Waals surface area contributed by atoms with Crippen LogP contribution in [0.15, 0.2) is 30.6 Å². The Bertz CT molecular complexity index is 806. The number of nitrogens with zero attached hydrogens (tertiary/aromatic N) is 3. The largest absolute Gasteiger partial charge is 0.470 e. The molecule has 0 spiro atoms. The van der Waals surface area contributed by atoms with Crippen molar-refractivity contribution >= 4 is 23.2 Å². The molecule has 0 amide bonds. The monoisotopic (exact) mass is 374 g/mol. The summed E-state index contributed by atoms with van der Waals surface area (Å²) in [6.45, 7) is 7.73. The standard InChI is InChI=1S/C18H22N4O5/c1-11(2)9-26-18(23)13-5-7-14(8-6-13)21-16-15(22(24)25)17(20-10-19-16)27-12(3)4/h5-8,10-12H,9H2,1-4H3,(H,19,20,21). The van der Waals surface area contributed by atoms with Crippen molar-refractivity contribution in [1.82, 2.24) is 9.97 Å². The topological polar surface area (TPSA) is 116 Å². The molecule has 144 valence electrons. The Balaban J connectivity index is 2.19. The number of esters is 1. The number of nitro groups is 1. The Hall–Kier alpha value is -3.23. The minimum atomic E-state index is -0.600. The fourth-order valence-corrected chi connectivity index (χ4v) is 2.08. The van der Waals surface area contributed by atoms with Crippen LogP contribution in [-0.4, -0.2) is 33.6 Å². The van der Waals surface area contributed by atoms with Gasteiger partial charge in [0.1, 0.15) is 6.33 Å². The van der Waals surface area contributed by atoms with Crippen molar-refractivity contribution in [2.45, 2.75) is 33.8 Å². The van der Waals surface area contributed by atoms with Crippen molar-refractivity contribution in [1.29, 1.82) is 0 Å². The summed E-state index contributed by atoms with van der Waals surface area (Å²) in [6.07, 6.45) is 0.910. The second kappa shape index (κ2) is 8.93. The molecule has 27 heavy (non-hydrogen) atoms. The third-order valence-electron chi connectivity index (χ3n) is 3.25. The van der Waals surface area contributed by atoms with E-state index < -0.39 is 10.9 Å². The van der Waals surface area contributed by atoms with Gasteiger partial charge in [-0.05, 0) is 44.0 Å². The van der Waals surface area contributed by atoms with Gasteiger partial charge >= 0.3 is 11.7 Å². The summed E-state index contributed by atoms with van der Waals surface area (Å²) in [7, 11) is 0. The van der Waals surface area contributed by atoms with Crippen molar-refractivity contribution in [3.8, 4) is 5.88 Å². The second-order valence-electron chi connectivity index (χ2n) is 6.49. The Morgan fingerprint density at radius 1 is 1.19 bits per heavy atom. The van der Waals surface area contributed by atoms with E-state index in [0.29, 0.717) is 17.9 Å². The number of benzene rings is 1. The molecule has 0 unspecified atom stereocenters. The van der Waals surface area contributed by atoms with Crippen molar-refractivity contribution in [3.63, 3.8) is 0 Å². The zero-order valence-corrected chi connectivity index (χ0v) is 15.6. The van der Waals surface area contributed by atoms with Gasteiger partial charge in [-0.3, -0.25) is 10.1 Å². The molecule has 0 aliphatic heterocycles. The van der Waals surface area contributed by atoms with Crippen LogP contribution in [0.3, 0.4) is 0 Å². The lowest BCUT2D eigenvalue weighted by molar-refractivity contribution is -0.385.